The molecule has 0 rings (SSSR count). The van der Waals surface area contributed by atoms with Crippen LogP contribution in [0, 0.1) is 0 Å². The van der Waals surface area contributed by atoms with Gasteiger partial charge in [0.25, 0.3) is 0 Å². The van der Waals surface area contributed by atoms with E-state index < -0.39 is 0 Å². The minimum Gasteiger partial charge on any atom is -0.338 e. The Morgan fingerprint density at radius 1 is 0.541 bits per heavy atom. The van der Waals surface area contributed by atoms with E-state index in [0.29, 0.717) is 6.54 Å². The van der Waals surface area contributed by atoms with Crippen LogP contribution in [0.4, 0.5) is 4.79 Å². The Bertz CT molecular complexity index is 465. The van der Waals surface area contributed by atoms with Crippen molar-refractivity contribution in [3.8, 4) is 0 Å². The summed E-state index contributed by atoms with van der Waals surface area (Å²) in [5, 5.41) is 15.0. The first-order chi connectivity index (χ1) is 17.6. The number of nitrogens with one attached hydrogen (secondary N) is 3. The summed E-state index contributed by atoms with van der Waals surface area (Å²) in [4.78, 5) is 23.1. The smallest absolute Gasteiger partial charge is 0.317 e. The van der Waals surface area contributed by atoms with E-state index in [9.17, 15) is 4.79 Å². The number of carbonyl (C=O) groups excluding carboxylic acids is 1. The molecule has 37 heavy (non-hydrogen) atoms. The van der Waals surface area contributed by atoms with Crippen molar-refractivity contribution >= 4 is 6.03 Å². The summed E-state index contributed by atoms with van der Waals surface area (Å²) in [7, 11) is 16.7. The van der Waals surface area contributed by atoms with E-state index in [2.05, 4.69) is 92.1 Å². The summed E-state index contributed by atoms with van der Waals surface area (Å²) in [5.74, 6) is 0. The van der Waals surface area contributed by atoms with Crippen molar-refractivity contribution < 1.29 is 12.9 Å². The Labute approximate surface area is 233 Å². The molecular formula is C27H68N8O2. The Morgan fingerprint density at radius 2 is 0.946 bits per heavy atom. The molecule has 2 amide bonds. The van der Waals surface area contributed by atoms with E-state index in [1.165, 1.54) is 25.9 Å². The number of hydrogen-bond donors (Lipinski definition) is 4. The van der Waals surface area contributed by atoms with E-state index in [1.54, 1.807) is 0 Å². The van der Waals surface area contributed by atoms with Crippen molar-refractivity contribution in [3.63, 3.8) is 0 Å². The van der Waals surface area contributed by atoms with Gasteiger partial charge in [0.2, 0.25) is 0 Å². The molecule has 10 nitrogen and oxygen atoms in total. The second kappa shape index (κ2) is 28.0. The molecule has 0 bridgehead atoms. The van der Waals surface area contributed by atoms with Crippen LogP contribution in [0.15, 0.2) is 0 Å². The molecular weight excluding hydrogens is 468 g/mol. The standard InChI is InChI=1S/C17H39N5O2.C10H25N3.2H2/c1-20(2)13-9-15-22(16-10-14-21(3)4)17(23)18-11-7-5-6-8-12-19-24;1-12(2)9-5-7-11-8-6-10-13(3)4;;/h19,24H,5-16H2,1-4H3,(H,18,23);11H,5-10H2,1-4H3;2*1H. The zero-order chi connectivity index (χ0) is 28.3. The highest BCUT2D eigenvalue weighted by atomic mass is 16.5. The summed E-state index contributed by atoms with van der Waals surface area (Å²) in [6.45, 7) is 9.62. The average Bonchev–Trinajstić information content (AvgIpc) is 2.81. The van der Waals surface area contributed by atoms with Crippen LogP contribution in [-0.4, -0.2) is 158 Å². The van der Waals surface area contributed by atoms with Crippen LogP contribution in [-0.2, 0) is 0 Å². The van der Waals surface area contributed by atoms with E-state index in [0.717, 1.165) is 84.3 Å². The highest BCUT2D eigenvalue weighted by Crippen LogP contribution is 2.00. The quantitative estimate of drug-likeness (QED) is 0.117. The zero-order valence-electron chi connectivity index (χ0n) is 25.8. The van der Waals surface area contributed by atoms with Gasteiger partial charge < -0.3 is 40.3 Å². The predicted molar refractivity (Wildman–Crippen MR) is 163 cm³/mol. The van der Waals surface area contributed by atoms with Gasteiger partial charge in [0.1, 0.15) is 0 Å². The van der Waals surface area contributed by atoms with Gasteiger partial charge in [-0.05, 0) is 134 Å². The van der Waals surface area contributed by atoms with Gasteiger partial charge in [-0.15, -0.1) is 0 Å². The molecule has 0 heterocycles. The topological polar surface area (TPSA) is 89.6 Å². The van der Waals surface area contributed by atoms with Crippen LogP contribution in [0.3, 0.4) is 0 Å². The van der Waals surface area contributed by atoms with Crippen LogP contribution in [0.2, 0.25) is 0 Å². The predicted octanol–water partition coefficient (Wildman–Crippen LogP) is 2.41. The van der Waals surface area contributed by atoms with Gasteiger partial charge in [-0.25, -0.2) is 10.3 Å². The van der Waals surface area contributed by atoms with Gasteiger partial charge in [0.05, 0.1) is 0 Å². The van der Waals surface area contributed by atoms with Gasteiger partial charge in [0, 0.05) is 29.0 Å². The van der Waals surface area contributed by atoms with Crippen LogP contribution in [0.1, 0.15) is 54.2 Å². The number of urea groups is 1. The summed E-state index contributed by atoms with van der Waals surface area (Å²) in [6, 6.07) is 0.0598. The molecule has 0 aromatic rings. The van der Waals surface area contributed by atoms with Gasteiger partial charge >= 0.3 is 6.03 Å². The van der Waals surface area contributed by atoms with Gasteiger partial charge in [-0.3, -0.25) is 0 Å². The lowest BCUT2D eigenvalue weighted by Crippen LogP contribution is -2.42. The number of unbranched alkanes of at least 4 members (excludes halogenated alkanes) is 3. The number of hydroxylamine groups is 1. The minimum absolute atomic E-state index is 0. The molecule has 4 N–H and O–H groups in total. The number of carbonyl (C=O) groups is 1. The van der Waals surface area contributed by atoms with Crippen molar-refractivity contribution in [1.29, 1.82) is 0 Å². The minimum atomic E-state index is 0. The summed E-state index contributed by atoms with van der Waals surface area (Å²) < 4.78 is 0. The molecule has 0 unspecified atom stereocenters. The monoisotopic (exact) mass is 537 g/mol. The molecule has 0 saturated heterocycles. The fraction of sp³-hybridized carbons (Fsp3) is 0.963. The Morgan fingerprint density at radius 3 is 1.35 bits per heavy atom. The second-order valence-corrected chi connectivity index (χ2v) is 10.9. The maximum absolute atomic E-state index is 12.4. The van der Waals surface area contributed by atoms with E-state index >= 15 is 0 Å². The molecule has 0 fully saturated rings. The first-order valence-electron chi connectivity index (χ1n) is 14.3. The fourth-order valence-corrected chi connectivity index (χ4v) is 3.63. The lowest BCUT2D eigenvalue weighted by Gasteiger charge is -2.24. The molecule has 0 radical (unpaired) electrons. The summed E-state index contributed by atoms with van der Waals surface area (Å²) in [5.41, 5.74) is 2.16. The van der Waals surface area contributed by atoms with E-state index in [4.69, 9.17) is 5.21 Å². The maximum Gasteiger partial charge on any atom is 0.317 e. The second-order valence-electron chi connectivity index (χ2n) is 10.9. The van der Waals surface area contributed by atoms with Crippen LogP contribution < -0.4 is 16.1 Å². The normalized spacial score (nSPS) is 11.4. The van der Waals surface area contributed by atoms with Crippen LogP contribution in [0.25, 0.3) is 0 Å². The third-order valence-electron chi connectivity index (χ3n) is 5.76. The highest BCUT2D eigenvalue weighted by Gasteiger charge is 2.12. The van der Waals surface area contributed by atoms with Gasteiger partial charge in [-0.2, -0.15) is 0 Å². The molecule has 0 atom stereocenters. The Balaban J connectivity index is -0.000000349. The summed E-state index contributed by atoms with van der Waals surface area (Å²) in [6.07, 6.45) is 8.57. The van der Waals surface area contributed by atoms with Crippen molar-refractivity contribution in [2.24, 2.45) is 0 Å². The molecule has 0 aromatic carbocycles. The molecule has 0 saturated carbocycles. The largest absolute Gasteiger partial charge is 0.338 e. The van der Waals surface area contributed by atoms with E-state index in [1.807, 2.05) is 4.90 Å². The van der Waals surface area contributed by atoms with Gasteiger partial charge in [-0.1, -0.05) is 12.8 Å². The van der Waals surface area contributed by atoms with Gasteiger partial charge in [0.15, 0.2) is 0 Å². The SMILES string of the molecule is CN(C)CCCN(CCCN(C)C)C(=O)NCCCCCCNO.CN(C)CCCNCCCN(C)C.[HH].[HH]. The molecule has 10 heteroatoms. The lowest BCUT2D eigenvalue weighted by molar-refractivity contribution is 0.164. The number of nitrogens with zero attached hydrogens (tertiary/aromatic N) is 5. The molecule has 0 aliphatic carbocycles. The van der Waals surface area contributed by atoms with Crippen LogP contribution >= 0.6 is 0 Å². The molecule has 228 valence electrons. The maximum atomic E-state index is 12.4. The number of amides is 2. The first-order valence-corrected chi connectivity index (χ1v) is 14.3. The van der Waals surface area contributed by atoms with Crippen molar-refractivity contribution in [3.05, 3.63) is 0 Å². The zero-order valence-corrected chi connectivity index (χ0v) is 25.8. The average molecular weight is 537 g/mol. The van der Waals surface area contributed by atoms with Crippen molar-refractivity contribution in [2.75, 3.05) is 122 Å². The van der Waals surface area contributed by atoms with E-state index in [-0.39, 0.29) is 8.88 Å². The first kappa shape index (κ1) is 38.1. The highest BCUT2D eigenvalue weighted by molar-refractivity contribution is 5.74. The Hall–Kier alpha value is -1.01. The number of rotatable bonds is 23. The Kier molecular flexibility index (Phi) is 28.9. The third kappa shape index (κ3) is 33.0. The fourth-order valence-electron chi connectivity index (χ4n) is 3.63. The van der Waals surface area contributed by atoms with Crippen molar-refractivity contribution in [2.45, 2.75) is 51.4 Å². The lowest BCUT2D eigenvalue weighted by atomic mass is 10.2. The number of hydrogen-bond acceptors (Lipinski definition) is 8. The molecule has 0 aliphatic heterocycles. The third-order valence-corrected chi connectivity index (χ3v) is 5.76. The van der Waals surface area contributed by atoms with Crippen molar-refractivity contribution in [1.82, 2.24) is 40.6 Å². The molecule has 0 spiro atoms. The molecule has 0 aliphatic rings. The summed E-state index contributed by atoms with van der Waals surface area (Å²) >= 11 is 0. The van der Waals surface area contributed by atoms with Crippen LogP contribution in [0.5, 0.6) is 0 Å². The molecule has 0 aromatic heterocycles.